The first-order valence-corrected chi connectivity index (χ1v) is 6.14. The molecule has 0 bridgehead atoms. The maximum absolute atomic E-state index is 5.59. The lowest BCUT2D eigenvalue weighted by Gasteiger charge is -2.09. The Morgan fingerprint density at radius 3 is 2.29 bits per heavy atom. The lowest BCUT2D eigenvalue weighted by molar-refractivity contribution is 0.570. The number of benzene rings is 1. The monoisotopic (exact) mass is 229 g/mol. The molecule has 17 heavy (non-hydrogen) atoms. The van der Waals surface area contributed by atoms with Crippen molar-refractivity contribution in [2.45, 2.75) is 39.5 Å². The van der Waals surface area contributed by atoms with Crippen LogP contribution < -0.4 is 0 Å². The molecule has 90 valence electrons. The fourth-order valence-corrected chi connectivity index (χ4v) is 1.87. The molecular formula is C15H19NO. The minimum atomic E-state index is 0.402. The van der Waals surface area contributed by atoms with E-state index in [0.29, 0.717) is 11.8 Å². The molecule has 0 N–H and O–H groups in total. The highest BCUT2D eigenvalue weighted by Gasteiger charge is 2.13. The molecule has 0 fully saturated rings. The Kier molecular flexibility index (Phi) is 3.32. The van der Waals surface area contributed by atoms with Crippen molar-refractivity contribution in [2.24, 2.45) is 0 Å². The van der Waals surface area contributed by atoms with Crippen LogP contribution in [0.4, 0.5) is 0 Å². The minimum absolute atomic E-state index is 0.402. The van der Waals surface area contributed by atoms with Crippen molar-refractivity contribution >= 4 is 0 Å². The summed E-state index contributed by atoms with van der Waals surface area (Å²) >= 11 is 0. The van der Waals surface area contributed by atoms with Crippen molar-refractivity contribution in [3.8, 4) is 11.5 Å². The Hall–Kier alpha value is -1.57. The lowest BCUT2D eigenvalue weighted by Crippen LogP contribution is -1.93. The summed E-state index contributed by atoms with van der Waals surface area (Å²) in [6.07, 6.45) is 1.76. The Labute approximate surface area is 103 Å². The third-order valence-corrected chi connectivity index (χ3v) is 2.93. The zero-order chi connectivity index (χ0) is 12.4. The van der Waals surface area contributed by atoms with Gasteiger partial charge in [-0.1, -0.05) is 45.9 Å². The molecular weight excluding hydrogens is 210 g/mol. The van der Waals surface area contributed by atoms with Crippen molar-refractivity contribution in [1.82, 2.24) is 4.98 Å². The normalized spacial score (nSPS) is 11.4. The number of hydrogen-bond acceptors (Lipinski definition) is 2. The second-order valence-electron chi connectivity index (χ2n) is 4.97. The summed E-state index contributed by atoms with van der Waals surface area (Å²) in [4.78, 5) is 4.56. The van der Waals surface area contributed by atoms with E-state index in [-0.39, 0.29) is 0 Å². The second-order valence-corrected chi connectivity index (χ2v) is 4.97. The SMILES string of the molecule is CC(C)c1coc(-c2ccccc2C(C)C)n1. The molecule has 0 aliphatic heterocycles. The van der Waals surface area contributed by atoms with Crippen molar-refractivity contribution in [2.75, 3.05) is 0 Å². The van der Waals surface area contributed by atoms with Crippen LogP contribution in [0.5, 0.6) is 0 Å². The summed E-state index contributed by atoms with van der Waals surface area (Å²) in [5.74, 6) is 1.61. The summed E-state index contributed by atoms with van der Waals surface area (Å²) in [6, 6.07) is 8.30. The average Bonchev–Trinajstić information content (AvgIpc) is 2.78. The Morgan fingerprint density at radius 1 is 1.00 bits per heavy atom. The van der Waals surface area contributed by atoms with Crippen LogP contribution in [0.2, 0.25) is 0 Å². The molecule has 1 heterocycles. The molecule has 1 aromatic heterocycles. The fraction of sp³-hybridized carbons (Fsp3) is 0.400. The molecule has 0 spiro atoms. The van der Waals surface area contributed by atoms with E-state index in [1.54, 1.807) is 6.26 Å². The van der Waals surface area contributed by atoms with Crippen molar-refractivity contribution < 1.29 is 4.42 Å². The van der Waals surface area contributed by atoms with E-state index in [9.17, 15) is 0 Å². The van der Waals surface area contributed by atoms with Gasteiger partial charge in [0.15, 0.2) is 0 Å². The van der Waals surface area contributed by atoms with E-state index in [0.717, 1.165) is 17.1 Å². The smallest absolute Gasteiger partial charge is 0.226 e. The van der Waals surface area contributed by atoms with Gasteiger partial charge in [-0.2, -0.15) is 0 Å². The van der Waals surface area contributed by atoms with Crippen LogP contribution in [-0.4, -0.2) is 4.98 Å². The van der Waals surface area contributed by atoms with Gasteiger partial charge in [0.05, 0.1) is 5.69 Å². The topological polar surface area (TPSA) is 26.0 Å². The van der Waals surface area contributed by atoms with Gasteiger partial charge in [0.2, 0.25) is 5.89 Å². The van der Waals surface area contributed by atoms with Gasteiger partial charge in [-0.25, -0.2) is 4.98 Å². The maximum Gasteiger partial charge on any atom is 0.226 e. The van der Waals surface area contributed by atoms with Gasteiger partial charge < -0.3 is 4.42 Å². The van der Waals surface area contributed by atoms with Gasteiger partial charge in [0.25, 0.3) is 0 Å². The molecule has 0 aliphatic rings. The highest BCUT2D eigenvalue weighted by atomic mass is 16.3. The molecule has 2 nitrogen and oxygen atoms in total. The van der Waals surface area contributed by atoms with Crippen molar-refractivity contribution in [3.05, 3.63) is 41.8 Å². The van der Waals surface area contributed by atoms with Crippen LogP contribution in [0.3, 0.4) is 0 Å². The molecule has 0 aliphatic carbocycles. The van der Waals surface area contributed by atoms with E-state index < -0.39 is 0 Å². The molecule has 2 heteroatoms. The number of aromatic nitrogens is 1. The number of oxazole rings is 1. The van der Waals surface area contributed by atoms with Crippen LogP contribution in [0.25, 0.3) is 11.5 Å². The summed E-state index contributed by atoms with van der Waals surface area (Å²) in [5, 5.41) is 0. The number of rotatable bonds is 3. The van der Waals surface area contributed by atoms with Crippen LogP contribution in [-0.2, 0) is 0 Å². The molecule has 0 amide bonds. The highest BCUT2D eigenvalue weighted by molar-refractivity contribution is 5.59. The molecule has 2 aromatic rings. The predicted octanol–water partition coefficient (Wildman–Crippen LogP) is 4.59. The Balaban J connectivity index is 2.45. The molecule has 0 saturated heterocycles. The molecule has 0 atom stereocenters. The zero-order valence-electron chi connectivity index (χ0n) is 10.9. The maximum atomic E-state index is 5.59. The Bertz CT molecular complexity index is 497. The average molecular weight is 229 g/mol. The Morgan fingerprint density at radius 2 is 1.71 bits per heavy atom. The molecule has 0 unspecified atom stereocenters. The number of nitrogens with zero attached hydrogens (tertiary/aromatic N) is 1. The van der Waals surface area contributed by atoms with E-state index >= 15 is 0 Å². The molecule has 0 saturated carbocycles. The van der Waals surface area contributed by atoms with Gasteiger partial charge >= 0.3 is 0 Å². The van der Waals surface area contributed by atoms with E-state index in [2.05, 4.69) is 50.9 Å². The molecule has 2 rings (SSSR count). The van der Waals surface area contributed by atoms with Crippen molar-refractivity contribution in [3.63, 3.8) is 0 Å². The van der Waals surface area contributed by atoms with Gasteiger partial charge in [-0.15, -0.1) is 0 Å². The van der Waals surface area contributed by atoms with Crippen LogP contribution in [0.1, 0.15) is 50.8 Å². The van der Waals surface area contributed by atoms with E-state index in [1.165, 1.54) is 5.56 Å². The van der Waals surface area contributed by atoms with Crippen molar-refractivity contribution in [1.29, 1.82) is 0 Å². The summed E-state index contributed by atoms with van der Waals surface area (Å²) in [6.45, 7) is 8.61. The van der Waals surface area contributed by atoms with Crippen LogP contribution in [0.15, 0.2) is 34.9 Å². The zero-order valence-corrected chi connectivity index (χ0v) is 10.9. The van der Waals surface area contributed by atoms with Gasteiger partial charge in [0, 0.05) is 5.56 Å². The largest absolute Gasteiger partial charge is 0.444 e. The second kappa shape index (κ2) is 4.74. The first-order chi connectivity index (χ1) is 8.09. The summed E-state index contributed by atoms with van der Waals surface area (Å²) < 4.78 is 5.59. The first kappa shape index (κ1) is 11.9. The molecule has 1 aromatic carbocycles. The standard InChI is InChI=1S/C15H19NO/c1-10(2)12-7-5-6-8-13(12)15-16-14(9-17-15)11(3)4/h5-11H,1-4H3. The first-order valence-electron chi connectivity index (χ1n) is 6.14. The third-order valence-electron chi connectivity index (χ3n) is 2.93. The predicted molar refractivity (Wildman–Crippen MR) is 70.1 cm³/mol. The quantitative estimate of drug-likeness (QED) is 0.769. The van der Waals surface area contributed by atoms with Gasteiger partial charge in [0.1, 0.15) is 6.26 Å². The third kappa shape index (κ3) is 2.41. The van der Waals surface area contributed by atoms with Gasteiger partial charge in [-0.05, 0) is 23.5 Å². The highest BCUT2D eigenvalue weighted by Crippen LogP contribution is 2.29. The summed E-state index contributed by atoms with van der Waals surface area (Å²) in [7, 11) is 0. The minimum Gasteiger partial charge on any atom is -0.444 e. The fourth-order valence-electron chi connectivity index (χ4n) is 1.87. The summed E-state index contributed by atoms with van der Waals surface area (Å²) in [5.41, 5.74) is 3.40. The van der Waals surface area contributed by atoms with Gasteiger partial charge in [-0.3, -0.25) is 0 Å². The lowest BCUT2D eigenvalue weighted by atomic mass is 9.97. The number of hydrogen-bond donors (Lipinski definition) is 0. The van der Waals surface area contributed by atoms with E-state index in [1.807, 2.05) is 6.07 Å². The van der Waals surface area contributed by atoms with Crippen LogP contribution >= 0.6 is 0 Å². The van der Waals surface area contributed by atoms with Crippen LogP contribution in [0, 0.1) is 0 Å². The van der Waals surface area contributed by atoms with E-state index in [4.69, 9.17) is 4.42 Å². The molecule has 0 radical (unpaired) electrons.